The highest BCUT2D eigenvalue weighted by Gasteiger charge is 2.45. The number of carboxylic acid groups (broad SMARTS) is 1. The molecule has 0 aromatic carbocycles. The molecule has 4 atom stereocenters. The molecular formula is C19H29N3O3. The van der Waals surface area contributed by atoms with E-state index >= 15 is 0 Å². The molecule has 2 aliphatic rings. The number of hydrogen-bond acceptors (Lipinski definition) is 3. The molecule has 25 heavy (non-hydrogen) atoms. The van der Waals surface area contributed by atoms with Crippen LogP contribution in [0.2, 0.25) is 0 Å². The number of rotatable bonds is 3. The number of piperidine rings is 1. The summed E-state index contributed by atoms with van der Waals surface area (Å²) in [5, 5.41) is 14.0. The highest BCUT2D eigenvalue weighted by molar-refractivity contribution is 5.84. The van der Waals surface area contributed by atoms with Gasteiger partial charge in [0.15, 0.2) is 0 Å². The average molecular weight is 347 g/mol. The van der Waals surface area contributed by atoms with Gasteiger partial charge < -0.3 is 10.0 Å². The summed E-state index contributed by atoms with van der Waals surface area (Å²) < 4.78 is 1.83. The van der Waals surface area contributed by atoms with Crippen molar-refractivity contribution in [2.75, 3.05) is 6.54 Å². The zero-order chi connectivity index (χ0) is 18.3. The number of aromatic nitrogens is 2. The van der Waals surface area contributed by atoms with Crippen LogP contribution in [-0.2, 0) is 16.6 Å². The molecule has 138 valence electrons. The summed E-state index contributed by atoms with van der Waals surface area (Å²) in [6.07, 6.45) is 4.57. The van der Waals surface area contributed by atoms with Gasteiger partial charge in [-0.1, -0.05) is 12.8 Å². The monoisotopic (exact) mass is 347 g/mol. The van der Waals surface area contributed by atoms with Crippen LogP contribution in [0.4, 0.5) is 0 Å². The van der Waals surface area contributed by atoms with Gasteiger partial charge in [0.2, 0.25) is 5.91 Å². The molecule has 3 rings (SSSR count). The van der Waals surface area contributed by atoms with Crippen LogP contribution in [-0.4, -0.2) is 44.3 Å². The number of nitrogens with zero attached hydrogens (tertiary/aromatic N) is 3. The molecule has 1 aromatic rings. The van der Waals surface area contributed by atoms with E-state index < -0.39 is 5.97 Å². The molecule has 1 aliphatic heterocycles. The van der Waals surface area contributed by atoms with Gasteiger partial charge in [-0.2, -0.15) is 5.10 Å². The lowest BCUT2D eigenvalue weighted by Gasteiger charge is -2.47. The molecule has 6 heteroatoms. The fourth-order valence-electron chi connectivity index (χ4n) is 5.02. The molecule has 2 fully saturated rings. The van der Waals surface area contributed by atoms with E-state index in [2.05, 4.69) is 5.10 Å². The minimum absolute atomic E-state index is 0.0795. The second kappa shape index (κ2) is 6.81. The third-order valence-electron chi connectivity index (χ3n) is 6.35. The molecule has 1 aliphatic carbocycles. The summed E-state index contributed by atoms with van der Waals surface area (Å²) in [4.78, 5) is 26.9. The highest BCUT2D eigenvalue weighted by atomic mass is 16.4. The van der Waals surface area contributed by atoms with Gasteiger partial charge in [0.1, 0.15) is 0 Å². The Morgan fingerprint density at radius 3 is 2.48 bits per heavy atom. The van der Waals surface area contributed by atoms with Crippen LogP contribution in [0.15, 0.2) is 0 Å². The van der Waals surface area contributed by atoms with E-state index in [0.717, 1.165) is 42.6 Å². The standard InChI is InChI=1S/C19H29N3O3/c1-11(17-12(2)20-21(4)13(17)3)18(23)22-10-9-15(19(24)25)14-7-5-6-8-16(14)22/h11,14-16H,5-10H2,1-4H3,(H,24,25). The summed E-state index contributed by atoms with van der Waals surface area (Å²) in [5.41, 5.74) is 2.95. The molecule has 1 saturated heterocycles. The van der Waals surface area contributed by atoms with Gasteiger partial charge in [-0.05, 0) is 46.0 Å². The van der Waals surface area contributed by atoms with Crippen LogP contribution < -0.4 is 0 Å². The normalized spacial score (nSPS) is 27.7. The molecule has 0 radical (unpaired) electrons. The van der Waals surface area contributed by atoms with Crippen molar-refractivity contribution < 1.29 is 14.7 Å². The van der Waals surface area contributed by atoms with Crippen LogP contribution in [0.3, 0.4) is 0 Å². The van der Waals surface area contributed by atoms with Crippen molar-refractivity contribution in [3.05, 3.63) is 17.0 Å². The summed E-state index contributed by atoms with van der Waals surface area (Å²) >= 11 is 0. The van der Waals surface area contributed by atoms with Crippen molar-refractivity contribution in [2.45, 2.75) is 64.8 Å². The average Bonchev–Trinajstić information content (AvgIpc) is 2.84. The largest absolute Gasteiger partial charge is 0.481 e. The minimum atomic E-state index is -0.698. The van der Waals surface area contributed by atoms with E-state index in [0.29, 0.717) is 13.0 Å². The topological polar surface area (TPSA) is 75.4 Å². The van der Waals surface area contributed by atoms with E-state index in [1.165, 1.54) is 0 Å². The first-order valence-electron chi connectivity index (χ1n) is 9.36. The smallest absolute Gasteiger partial charge is 0.306 e. The Bertz CT molecular complexity index is 682. The molecular weight excluding hydrogens is 318 g/mol. The number of hydrogen-bond donors (Lipinski definition) is 1. The molecule has 4 unspecified atom stereocenters. The molecule has 6 nitrogen and oxygen atoms in total. The van der Waals surface area contributed by atoms with Gasteiger partial charge in [0.25, 0.3) is 0 Å². The van der Waals surface area contributed by atoms with Crippen LogP contribution in [0.1, 0.15) is 61.9 Å². The van der Waals surface area contributed by atoms with E-state index in [1.54, 1.807) is 0 Å². The number of likely N-dealkylation sites (tertiary alicyclic amines) is 1. The van der Waals surface area contributed by atoms with Crippen molar-refractivity contribution >= 4 is 11.9 Å². The second-order valence-electron chi connectivity index (χ2n) is 7.71. The number of aryl methyl sites for hydroxylation is 2. The molecule has 1 saturated carbocycles. The number of aliphatic carboxylic acids is 1. The number of amides is 1. The highest BCUT2D eigenvalue weighted by Crippen LogP contribution is 2.40. The molecule has 1 amide bonds. The van der Waals surface area contributed by atoms with Gasteiger partial charge in [0, 0.05) is 30.9 Å². The van der Waals surface area contributed by atoms with Crippen molar-refractivity contribution in [3.63, 3.8) is 0 Å². The van der Waals surface area contributed by atoms with Gasteiger partial charge in [-0.3, -0.25) is 14.3 Å². The number of carbonyl (C=O) groups excluding carboxylic acids is 1. The Morgan fingerprint density at radius 2 is 1.88 bits per heavy atom. The number of carboxylic acids is 1. The Labute approximate surface area is 149 Å². The summed E-state index contributed by atoms with van der Waals surface area (Å²) in [5.74, 6) is -1.01. The van der Waals surface area contributed by atoms with E-state index in [9.17, 15) is 14.7 Å². The molecule has 1 N–H and O–H groups in total. The predicted molar refractivity (Wildman–Crippen MR) is 94.3 cm³/mol. The van der Waals surface area contributed by atoms with Gasteiger partial charge in [0.05, 0.1) is 17.5 Å². The predicted octanol–water partition coefficient (Wildman–Crippen LogP) is 2.63. The van der Waals surface area contributed by atoms with Crippen LogP contribution in [0, 0.1) is 25.7 Å². The third-order valence-corrected chi connectivity index (χ3v) is 6.35. The Kier molecular flexibility index (Phi) is 4.89. The minimum Gasteiger partial charge on any atom is -0.481 e. The lowest BCUT2D eigenvalue weighted by molar-refractivity contribution is -0.154. The fourth-order valence-corrected chi connectivity index (χ4v) is 5.02. The van der Waals surface area contributed by atoms with Crippen LogP contribution >= 0.6 is 0 Å². The van der Waals surface area contributed by atoms with Gasteiger partial charge in [-0.25, -0.2) is 0 Å². The third kappa shape index (κ3) is 3.07. The van der Waals surface area contributed by atoms with E-state index in [1.807, 2.05) is 37.4 Å². The zero-order valence-electron chi connectivity index (χ0n) is 15.7. The Balaban J connectivity index is 1.85. The maximum atomic E-state index is 13.3. The molecule has 0 spiro atoms. The SMILES string of the molecule is Cc1nn(C)c(C)c1C(C)C(=O)N1CCC(C(=O)O)C2CCCCC21. The first-order valence-corrected chi connectivity index (χ1v) is 9.36. The Morgan fingerprint density at radius 1 is 1.20 bits per heavy atom. The summed E-state index contributed by atoms with van der Waals surface area (Å²) in [6, 6.07) is 0.0795. The van der Waals surface area contributed by atoms with Crippen molar-refractivity contribution in [1.82, 2.24) is 14.7 Å². The van der Waals surface area contributed by atoms with Gasteiger partial charge in [-0.15, -0.1) is 0 Å². The lowest BCUT2D eigenvalue weighted by Crippen LogP contribution is -2.55. The van der Waals surface area contributed by atoms with E-state index in [4.69, 9.17) is 0 Å². The number of fused-ring (bicyclic) bond motifs is 1. The first-order chi connectivity index (χ1) is 11.8. The number of carbonyl (C=O) groups is 2. The fraction of sp³-hybridized carbons (Fsp3) is 0.737. The summed E-state index contributed by atoms with van der Waals surface area (Å²) in [7, 11) is 1.90. The molecule has 1 aromatic heterocycles. The van der Waals surface area contributed by atoms with Crippen LogP contribution in [0.5, 0.6) is 0 Å². The van der Waals surface area contributed by atoms with E-state index in [-0.39, 0.29) is 29.7 Å². The maximum absolute atomic E-state index is 13.3. The van der Waals surface area contributed by atoms with Crippen molar-refractivity contribution in [3.8, 4) is 0 Å². The van der Waals surface area contributed by atoms with Gasteiger partial charge >= 0.3 is 5.97 Å². The lowest BCUT2D eigenvalue weighted by atomic mass is 9.71. The maximum Gasteiger partial charge on any atom is 0.306 e. The molecule has 0 bridgehead atoms. The summed E-state index contributed by atoms with van der Waals surface area (Å²) in [6.45, 7) is 6.46. The Hall–Kier alpha value is -1.85. The quantitative estimate of drug-likeness (QED) is 0.912. The molecule has 2 heterocycles. The van der Waals surface area contributed by atoms with Crippen molar-refractivity contribution in [2.24, 2.45) is 18.9 Å². The van der Waals surface area contributed by atoms with Crippen LogP contribution in [0.25, 0.3) is 0 Å². The zero-order valence-corrected chi connectivity index (χ0v) is 15.7. The van der Waals surface area contributed by atoms with Crippen molar-refractivity contribution in [1.29, 1.82) is 0 Å². The second-order valence-corrected chi connectivity index (χ2v) is 7.71. The first kappa shape index (κ1) is 18.0.